The summed E-state index contributed by atoms with van der Waals surface area (Å²) in [7, 11) is 0. The third-order valence-electron chi connectivity index (χ3n) is 5.18. The van der Waals surface area contributed by atoms with Gasteiger partial charge in [0.1, 0.15) is 0 Å². The summed E-state index contributed by atoms with van der Waals surface area (Å²) in [6.45, 7) is 2.78. The summed E-state index contributed by atoms with van der Waals surface area (Å²) in [6, 6.07) is 2.38. The zero-order chi connectivity index (χ0) is 18.6. The highest BCUT2D eigenvalue weighted by atomic mass is 19.3. The van der Waals surface area contributed by atoms with Gasteiger partial charge in [-0.05, 0) is 12.8 Å². The maximum absolute atomic E-state index is 13.2. The maximum atomic E-state index is 13.2. The van der Waals surface area contributed by atoms with Crippen LogP contribution in [0.5, 0.6) is 11.5 Å². The molecule has 3 unspecified atom stereocenters. The van der Waals surface area contributed by atoms with Crippen molar-refractivity contribution in [3.8, 4) is 11.5 Å². The van der Waals surface area contributed by atoms with Crippen molar-refractivity contribution in [2.24, 2.45) is 0 Å². The molecule has 4 aliphatic rings. The van der Waals surface area contributed by atoms with Crippen LogP contribution >= 0.6 is 0 Å². The number of alkyl halides is 2. The highest BCUT2D eigenvalue weighted by Gasteiger charge is 2.45. The topological polar surface area (TPSA) is 96.1 Å². The van der Waals surface area contributed by atoms with Gasteiger partial charge in [-0.3, -0.25) is 4.90 Å². The van der Waals surface area contributed by atoms with Gasteiger partial charge in [-0.1, -0.05) is 0 Å². The van der Waals surface area contributed by atoms with Gasteiger partial charge in [0.15, 0.2) is 17.7 Å². The molecule has 3 atom stereocenters. The van der Waals surface area contributed by atoms with Crippen LogP contribution in [0.2, 0.25) is 0 Å². The molecule has 1 aromatic rings. The lowest BCUT2D eigenvalue weighted by Gasteiger charge is -2.40. The first kappa shape index (κ1) is 16.9. The number of fused-ring (bicyclic) bond motifs is 2. The second-order valence-corrected chi connectivity index (χ2v) is 6.94. The molecular formula is C16H19F2N5O4. The first-order valence-electron chi connectivity index (χ1n) is 8.86. The summed E-state index contributed by atoms with van der Waals surface area (Å²) < 4.78 is 40.8. The number of hydrazine groups is 1. The van der Waals surface area contributed by atoms with Crippen molar-refractivity contribution in [1.29, 1.82) is 0 Å². The molecular weight excluding hydrogens is 364 g/mol. The van der Waals surface area contributed by atoms with Crippen LogP contribution in [-0.4, -0.2) is 55.4 Å². The van der Waals surface area contributed by atoms with Gasteiger partial charge in [-0.15, -0.1) is 8.78 Å². The standard InChI is InChI=1S/C16H19F2N5O4/c17-16(18)26-11-5-8-10(6-12(11)27-16)20-14(25-15(8)24)9-1-2-13(22-21-9)23-4-3-19-7-23/h5-6,9,13-14,19-22H,1-4,7H2. The van der Waals surface area contributed by atoms with Gasteiger partial charge < -0.3 is 24.8 Å². The predicted molar refractivity (Wildman–Crippen MR) is 88.1 cm³/mol. The Balaban J connectivity index is 1.29. The number of halogens is 2. The van der Waals surface area contributed by atoms with Crippen molar-refractivity contribution in [3.05, 3.63) is 17.7 Å². The van der Waals surface area contributed by atoms with Gasteiger partial charge in [0.25, 0.3) is 0 Å². The molecule has 9 nitrogen and oxygen atoms in total. The van der Waals surface area contributed by atoms with Gasteiger partial charge in [0, 0.05) is 31.9 Å². The Labute approximate surface area is 153 Å². The predicted octanol–water partition coefficient (Wildman–Crippen LogP) is 0.362. The van der Waals surface area contributed by atoms with E-state index in [0.717, 1.165) is 32.6 Å². The van der Waals surface area contributed by atoms with Crippen molar-refractivity contribution >= 4 is 11.7 Å². The Hall–Kier alpha value is -2.21. The van der Waals surface area contributed by atoms with Crippen molar-refractivity contribution in [3.63, 3.8) is 0 Å². The molecule has 5 rings (SSSR count). The Morgan fingerprint density at radius 3 is 2.67 bits per heavy atom. The molecule has 11 heteroatoms. The van der Waals surface area contributed by atoms with E-state index in [2.05, 4.69) is 35.9 Å². The first-order chi connectivity index (χ1) is 13.0. The second kappa shape index (κ2) is 6.16. The van der Waals surface area contributed by atoms with Crippen LogP contribution in [0.1, 0.15) is 23.2 Å². The van der Waals surface area contributed by atoms with Gasteiger partial charge in [-0.25, -0.2) is 15.6 Å². The number of nitrogens with one attached hydrogen (secondary N) is 4. The number of carbonyl (C=O) groups excluding carboxylic acids is 1. The molecule has 0 radical (unpaired) electrons. The Bertz CT molecular complexity index is 765. The second-order valence-electron chi connectivity index (χ2n) is 6.94. The van der Waals surface area contributed by atoms with Gasteiger partial charge in [0.05, 0.1) is 23.5 Å². The number of benzene rings is 1. The van der Waals surface area contributed by atoms with Crippen molar-refractivity contribution in [2.45, 2.75) is 37.6 Å². The molecule has 2 fully saturated rings. The zero-order valence-corrected chi connectivity index (χ0v) is 14.3. The van der Waals surface area contributed by atoms with E-state index in [1.807, 2.05) is 0 Å². The molecule has 0 bridgehead atoms. The molecule has 2 saturated heterocycles. The lowest BCUT2D eigenvalue weighted by Crippen LogP contribution is -2.62. The van der Waals surface area contributed by atoms with Crippen molar-refractivity contribution in [1.82, 2.24) is 21.1 Å². The smallest absolute Gasteiger partial charge is 0.436 e. The fourth-order valence-electron chi connectivity index (χ4n) is 3.81. The lowest BCUT2D eigenvalue weighted by molar-refractivity contribution is -0.286. The monoisotopic (exact) mass is 383 g/mol. The molecule has 4 heterocycles. The van der Waals surface area contributed by atoms with E-state index in [0.29, 0.717) is 5.69 Å². The van der Waals surface area contributed by atoms with E-state index in [4.69, 9.17) is 4.74 Å². The number of cyclic esters (lactones) is 1. The summed E-state index contributed by atoms with van der Waals surface area (Å²) in [5.41, 5.74) is 6.97. The number of ether oxygens (including phenoxy) is 3. The lowest BCUT2D eigenvalue weighted by atomic mass is 10.0. The number of rotatable bonds is 2. The Morgan fingerprint density at radius 2 is 1.96 bits per heavy atom. The van der Waals surface area contributed by atoms with Crippen molar-refractivity contribution in [2.75, 3.05) is 25.1 Å². The van der Waals surface area contributed by atoms with Crippen LogP contribution in [0.15, 0.2) is 12.1 Å². The van der Waals surface area contributed by atoms with E-state index in [1.165, 1.54) is 12.1 Å². The van der Waals surface area contributed by atoms with Crippen LogP contribution in [0, 0.1) is 0 Å². The van der Waals surface area contributed by atoms with Gasteiger partial charge in [0.2, 0.25) is 0 Å². The number of nitrogens with zero attached hydrogens (tertiary/aromatic N) is 1. The van der Waals surface area contributed by atoms with Crippen LogP contribution < -0.4 is 31.0 Å². The Kier molecular flexibility index (Phi) is 3.86. The summed E-state index contributed by atoms with van der Waals surface area (Å²) in [5, 5.41) is 6.37. The highest BCUT2D eigenvalue weighted by Crippen LogP contribution is 2.45. The number of hydrogen-bond acceptors (Lipinski definition) is 9. The van der Waals surface area contributed by atoms with E-state index in [9.17, 15) is 13.6 Å². The largest absolute Gasteiger partial charge is 0.586 e. The number of anilines is 1. The molecule has 0 amide bonds. The van der Waals surface area contributed by atoms with Crippen LogP contribution in [0.25, 0.3) is 0 Å². The SMILES string of the molecule is O=C1OC(C2CCC(N3CCNC3)NN2)Nc2cc3c(cc21)OC(F)(F)O3. The van der Waals surface area contributed by atoms with Crippen molar-refractivity contribution < 1.29 is 27.8 Å². The minimum atomic E-state index is -3.73. The average Bonchev–Trinajstić information content (AvgIpc) is 3.26. The maximum Gasteiger partial charge on any atom is 0.586 e. The number of esters is 1. The minimum Gasteiger partial charge on any atom is -0.436 e. The summed E-state index contributed by atoms with van der Waals surface area (Å²) in [5.74, 6) is -0.894. The molecule has 0 spiro atoms. The van der Waals surface area contributed by atoms with Crippen LogP contribution in [-0.2, 0) is 4.74 Å². The summed E-state index contributed by atoms with van der Waals surface area (Å²) in [6.07, 6.45) is -2.49. The van der Waals surface area contributed by atoms with Crippen LogP contribution in [0.3, 0.4) is 0 Å². The molecule has 27 heavy (non-hydrogen) atoms. The normalized spacial score (nSPS) is 31.9. The van der Waals surface area contributed by atoms with E-state index in [1.54, 1.807) is 0 Å². The van der Waals surface area contributed by atoms with E-state index >= 15 is 0 Å². The van der Waals surface area contributed by atoms with Gasteiger partial charge >= 0.3 is 12.3 Å². The van der Waals surface area contributed by atoms with Crippen LogP contribution in [0.4, 0.5) is 14.5 Å². The summed E-state index contributed by atoms with van der Waals surface area (Å²) >= 11 is 0. The molecule has 0 saturated carbocycles. The molecule has 0 aliphatic carbocycles. The minimum absolute atomic E-state index is 0.115. The molecule has 1 aromatic carbocycles. The third kappa shape index (κ3) is 3.06. The molecule has 4 aliphatic heterocycles. The Morgan fingerprint density at radius 1 is 1.15 bits per heavy atom. The van der Waals surface area contributed by atoms with Gasteiger partial charge in [-0.2, -0.15) is 0 Å². The summed E-state index contributed by atoms with van der Waals surface area (Å²) in [4.78, 5) is 14.7. The molecule has 0 aromatic heterocycles. The first-order valence-corrected chi connectivity index (χ1v) is 8.86. The van der Waals surface area contributed by atoms with E-state index in [-0.39, 0.29) is 29.3 Å². The number of carbonyl (C=O) groups is 1. The quantitative estimate of drug-likeness (QED) is 0.540. The average molecular weight is 383 g/mol. The van der Waals surface area contributed by atoms with E-state index < -0.39 is 18.5 Å². The molecule has 146 valence electrons. The highest BCUT2D eigenvalue weighted by molar-refractivity contribution is 5.98. The number of hydrogen-bond donors (Lipinski definition) is 4. The third-order valence-corrected chi connectivity index (χ3v) is 5.18. The zero-order valence-electron chi connectivity index (χ0n) is 14.3. The fraction of sp³-hybridized carbons (Fsp3) is 0.562. The fourth-order valence-corrected chi connectivity index (χ4v) is 3.81. The molecule has 4 N–H and O–H groups in total.